The summed E-state index contributed by atoms with van der Waals surface area (Å²) in [5.74, 6) is 1.34. The highest BCUT2D eigenvalue weighted by Gasteiger charge is 2.37. The SMILES string of the molecule is C/C=N/C1=C2SC=CC1[C@H]2C. The third-order valence-electron chi connectivity index (χ3n) is 2.27. The molecule has 2 heterocycles. The number of aliphatic imine (C=N–C) groups is 1. The molecule has 0 saturated heterocycles. The van der Waals surface area contributed by atoms with Crippen LogP contribution in [0, 0.1) is 11.8 Å². The van der Waals surface area contributed by atoms with Crippen molar-refractivity contribution in [3.63, 3.8) is 0 Å². The summed E-state index contributed by atoms with van der Waals surface area (Å²) in [5, 5.41) is 2.18. The first-order chi connectivity index (χ1) is 5.34. The van der Waals surface area contributed by atoms with Crippen LogP contribution < -0.4 is 0 Å². The van der Waals surface area contributed by atoms with Gasteiger partial charge >= 0.3 is 0 Å². The van der Waals surface area contributed by atoms with Gasteiger partial charge in [0.25, 0.3) is 0 Å². The smallest absolute Gasteiger partial charge is 0.0575 e. The first-order valence-corrected chi connectivity index (χ1v) is 4.78. The van der Waals surface area contributed by atoms with Gasteiger partial charge in [0.1, 0.15) is 0 Å². The Morgan fingerprint density at radius 1 is 1.64 bits per heavy atom. The summed E-state index contributed by atoms with van der Waals surface area (Å²) in [6.07, 6.45) is 4.14. The summed E-state index contributed by atoms with van der Waals surface area (Å²) in [7, 11) is 0. The van der Waals surface area contributed by atoms with Crippen LogP contribution in [0.3, 0.4) is 0 Å². The molecule has 58 valence electrons. The Morgan fingerprint density at radius 3 is 2.91 bits per heavy atom. The molecule has 1 aliphatic carbocycles. The Morgan fingerprint density at radius 2 is 2.45 bits per heavy atom. The molecule has 0 aromatic carbocycles. The van der Waals surface area contributed by atoms with Gasteiger partial charge in [0, 0.05) is 23.0 Å². The van der Waals surface area contributed by atoms with Crippen molar-refractivity contribution in [2.45, 2.75) is 13.8 Å². The zero-order chi connectivity index (χ0) is 7.84. The third kappa shape index (κ3) is 0.890. The van der Waals surface area contributed by atoms with Gasteiger partial charge < -0.3 is 0 Å². The highest BCUT2D eigenvalue weighted by atomic mass is 32.2. The summed E-state index contributed by atoms with van der Waals surface area (Å²) in [4.78, 5) is 5.82. The van der Waals surface area contributed by atoms with Crippen LogP contribution in [0.15, 0.2) is 27.1 Å². The predicted octanol–water partition coefficient (Wildman–Crippen LogP) is 2.82. The lowest BCUT2D eigenvalue weighted by Gasteiger charge is -2.38. The molecule has 0 aromatic heterocycles. The van der Waals surface area contributed by atoms with E-state index >= 15 is 0 Å². The second-order valence-corrected chi connectivity index (χ2v) is 3.85. The molecule has 1 nitrogen and oxygen atoms in total. The van der Waals surface area contributed by atoms with Crippen LogP contribution in [-0.2, 0) is 0 Å². The molecule has 0 spiro atoms. The van der Waals surface area contributed by atoms with Crippen LogP contribution in [0.4, 0.5) is 0 Å². The number of rotatable bonds is 1. The van der Waals surface area contributed by atoms with Crippen LogP contribution in [-0.4, -0.2) is 6.21 Å². The molecule has 2 atom stereocenters. The molecule has 0 saturated carbocycles. The van der Waals surface area contributed by atoms with Crippen molar-refractivity contribution in [1.82, 2.24) is 0 Å². The van der Waals surface area contributed by atoms with Crippen molar-refractivity contribution in [2.75, 3.05) is 0 Å². The number of nitrogens with zero attached hydrogens (tertiary/aromatic N) is 1. The van der Waals surface area contributed by atoms with E-state index in [2.05, 4.69) is 23.4 Å². The fourth-order valence-electron chi connectivity index (χ4n) is 1.61. The molecule has 0 N–H and O–H groups in total. The topological polar surface area (TPSA) is 12.4 Å². The minimum atomic E-state index is 0.613. The van der Waals surface area contributed by atoms with Crippen molar-refractivity contribution in [1.29, 1.82) is 0 Å². The van der Waals surface area contributed by atoms with E-state index in [1.54, 1.807) is 0 Å². The Bertz CT molecular complexity index is 263. The second kappa shape index (κ2) is 2.52. The zero-order valence-electron chi connectivity index (χ0n) is 6.74. The Balaban J connectivity index is 2.30. The summed E-state index contributed by atoms with van der Waals surface area (Å²) >= 11 is 1.83. The van der Waals surface area contributed by atoms with Gasteiger partial charge in [0.2, 0.25) is 0 Å². The summed E-state index contributed by atoms with van der Waals surface area (Å²) in [6, 6.07) is 0. The average Bonchev–Trinajstić information content (AvgIpc) is 2.07. The maximum atomic E-state index is 4.35. The standard InChI is InChI=1S/C9H11NS/c1-3-10-8-7-4-5-11-9(8)6(7)2/h3-7H,1-2H3/b10-3+/t6-,7?/m1/s1. The second-order valence-electron chi connectivity index (χ2n) is 2.90. The Hall–Kier alpha value is -0.500. The van der Waals surface area contributed by atoms with Crippen LogP contribution in [0.25, 0.3) is 0 Å². The van der Waals surface area contributed by atoms with Crippen LogP contribution in [0.1, 0.15) is 13.8 Å². The van der Waals surface area contributed by atoms with Crippen molar-refractivity contribution >= 4 is 18.0 Å². The van der Waals surface area contributed by atoms with Crippen molar-refractivity contribution < 1.29 is 0 Å². The van der Waals surface area contributed by atoms with Crippen molar-refractivity contribution in [3.05, 3.63) is 22.1 Å². The van der Waals surface area contributed by atoms with Crippen molar-refractivity contribution in [3.8, 4) is 0 Å². The Labute approximate surface area is 71.3 Å². The minimum absolute atomic E-state index is 0.613. The number of fused-ring (bicyclic) bond motifs is 1. The fourth-order valence-corrected chi connectivity index (χ4v) is 2.68. The highest BCUT2D eigenvalue weighted by Crippen LogP contribution is 2.52. The molecule has 3 aliphatic rings. The van der Waals surface area contributed by atoms with E-state index in [-0.39, 0.29) is 0 Å². The molecule has 11 heavy (non-hydrogen) atoms. The Kier molecular flexibility index (Phi) is 1.64. The number of hydrogen-bond donors (Lipinski definition) is 0. The van der Waals surface area contributed by atoms with E-state index in [0.717, 1.165) is 5.92 Å². The molecular formula is C9H11NS. The van der Waals surface area contributed by atoms with E-state index in [1.807, 2.05) is 24.9 Å². The van der Waals surface area contributed by atoms with Crippen LogP contribution in [0.2, 0.25) is 0 Å². The molecule has 2 aliphatic heterocycles. The van der Waals surface area contributed by atoms with E-state index in [9.17, 15) is 0 Å². The quantitative estimate of drug-likeness (QED) is 0.544. The average molecular weight is 165 g/mol. The number of thioether (sulfide) groups is 1. The first kappa shape index (κ1) is 7.17. The van der Waals surface area contributed by atoms with Crippen molar-refractivity contribution in [2.24, 2.45) is 16.8 Å². The van der Waals surface area contributed by atoms with Gasteiger partial charge in [-0.2, -0.15) is 0 Å². The summed E-state index contributed by atoms with van der Waals surface area (Å²) in [5.41, 5.74) is 1.30. The lowest BCUT2D eigenvalue weighted by molar-refractivity contribution is 0.492. The maximum absolute atomic E-state index is 4.35. The van der Waals surface area contributed by atoms with Gasteiger partial charge in [-0.05, 0) is 12.3 Å². The van der Waals surface area contributed by atoms with E-state index in [4.69, 9.17) is 0 Å². The predicted molar refractivity (Wildman–Crippen MR) is 50.6 cm³/mol. The lowest BCUT2D eigenvalue weighted by Crippen LogP contribution is -2.26. The minimum Gasteiger partial charge on any atom is -0.264 e. The van der Waals surface area contributed by atoms with Gasteiger partial charge in [-0.15, -0.1) is 11.8 Å². The maximum Gasteiger partial charge on any atom is 0.0575 e. The number of hydrogen-bond acceptors (Lipinski definition) is 2. The lowest BCUT2D eigenvalue weighted by atomic mass is 9.79. The molecular weight excluding hydrogens is 154 g/mol. The number of allylic oxidation sites excluding steroid dienone is 2. The molecule has 0 amide bonds. The van der Waals surface area contributed by atoms with Gasteiger partial charge in [-0.3, -0.25) is 4.99 Å². The van der Waals surface area contributed by atoms with Crippen LogP contribution >= 0.6 is 11.8 Å². The van der Waals surface area contributed by atoms with Gasteiger partial charge in [-0.25, -0.2) is 0 Å². The van der Waals surface area contributed by atoms with Crippen LogP contribution in [0.5, 0.6) is 0 Å². The zero-order valence-corrected chi connectivity index (χ0v) is 7.56. The van der Waals surface area contributed by atoms with E-state index < -0.39 is 0 Å². The first-order valence-electron chi connectivity index (χ1n) is 3.90. The third-order valence-corrected chi connectivity index (χ3v) is 3.40. The van der Waals surface area contributed by atoms with E-state index in [0.29, 0.717) is 5.92 Å². The summed E-state index contributed by atoms with van der Waals surface area (Å²) < 4.78 is 0. The normalized spacial score (nSPS) is 34.7. The monoisotopic (exact) mass is 165 g/mol. The van der Waals surface area contributed by atoms with E-state index in [1.165, 1.54) is 10.6 Å². The molecule has 2 heteroatoms. The largest absolute Gasteiger partial charge is 0.264 e. The molecule has 0 aromatic rings. The van der Waals surface area contributed by atoms with Gasteiger partial charge in [-0.1, -0.05) is 13.0 Å². The summed E-state index contributed by atoms with van der Waals surface area (Å²) in [6.45, 7) is 4.24. The fraction of sp³-hybridized carbons (Fsp3) is 0.444. The van der Waals surface area contributed by atoms with Gasteiger partial charge in [0.05, 0.1) is 5.70 Å². The highest BCUT2D eigenvalue weighted by molar-refractivity contribution is 8.06. The molecule has 1 unspecified atom stereocenters. The molecule has 0 fully saturated rings. The molecule has 0 radical (unpaired) electrons. The molecule has 3 rings (SSSR count). The molecule has 2 bridgehead atoms. The van der Waals surface area contributed by atoms with Gasteiger partial charge in [0.15, 0.2) is 0 Å².